The van der Waals surface area contributed by atoms with Gasteiger partial charge in [0.15, 0.2) is 0 Å². The number of amides is 1. The Morgan fingerprint density at radius 1 is 1.17 bits per heavy atom. The SMILES string of the molecule is CO[C@H]1CN(C(=O)OC(C)(C)C)C[C@@H]1Cn1c(=O)c(-c2ccccc2)cc2cnc(NC3=CC(C)CCN=C3)nc21. The number of aromatic nitrogens is 3. The van der Waals surface area contributed by atoms with Gasteiger partial charge in [0.1, 0.15) is 11.2 Å². The molecule has 3 aromatic rings. The molecule has 5 rings (SSSR count). The van der Waals surface area contributed by atoms with Crippen LogP contribution in [0.5, 0.6) is 0 Å². The van der Waals surface area contributed by atoms with Crippen molar-refractivity contribution in [2.75, 3.05) is 32.1 Å². The van der Waals surface area contributed by atoms with Crippen LogP contribution in [0.3, 0.4) is 0 Å². The van der Waals surface area contributed by atoms with Crippen LogP contribution in [0, 0.1) is 11.8 Å². The number of benzene rings is 1. The minimum absolute atomic E-state index is 0.150. The van der Waals surface area contributed by atoms with Crippen LogP contribution in [-0.2, 0) is 16.0 Å². The highest BCUT2D eigenvalue weighted by molar-refractivity contribution is 5.84. The number of carbonyl (C=O) groups excluding carboxylic acids is 1. The van der Waals surface area contributed by atoms with Crippen LogP contribution in [0.4, 0.5) is 10.7 Å². The maximum atomic E-state index is 14.1. The summed E-state index contributed by atoms with van der Waals surface area (Å²) >= 11 is 0. The summed E-state index contributed by atoms with van der Waals surface area (Å²) in [6.45, 7) is 9.54. The van der Waals surface area contributed by atoms with E-state index >= 15 is 0 Å². The number of ether oxygens (including phenoxy) is 2. The first kappa shape index (κ1) is 28.5. The van der Waals surface area contributed by atoms with Gasteiger partial charge in [-0.25, -0.2) is 9.78 Å². The molecule has 2 aliphatic rings. The van der Waals surface area contributed by atoms with E-state index in [0.29, 0.717) is 42.7 Å². The lowest BCUT2D eigenvalue weighted by Gasteiger charge is -2.24. The fourth-order valence-corrected chi connectivity index (χ4v) is 5.28. The summed E-state index contributed by atoms with van der Waals surface area (Å²) in [6, 6.07) is 11.4. The molecule has 41 heavy (non-hydrogen) atoms. The van der Waals surface area contributed by atoms with Crippen molar-refractivity contribution in [3.63, 3.8) is 0 Å². The number of aliphatic imine (C=N–C) groups is 1. The molecule has 1 amide bonds. The van der Waals surface area contributed by atoms with Crippen LogP contribution >= 0.6 is 0 Å². The highest BCUT2D eigenvalue weighted by Gasteiger charge is 2.38. The monoisotopic (exact) mass is 558 g/mol. The second-order valence-electron chi connectivity index (χ2n) is 11.8. The van der Waals surface area contributed by atoms with E-state index in [2.05, 4.69) is 28.3 Å². The summed E-state index contributed by atoms with van der Waals surface area (Å²) in [5.74, 6) is 0.603. The predicted molar refractivity (Wildman–Crippen MR) is 160 cm³/mol. The highest BCUT2D eigenvalue weighted by Crippen LogP contribution is 2.26. The second-order valence-corrected chi connectivity index (χ2v) is 11.8. The molecule has 216 valence electrons. The van der Waals surface area contributed by atoms with E-state index in [0.717, 1.165) is 29.6 Å². The molecule has 10 nitrogen and oxygen atoms in total. The molecular formula is C31H38N6O4. The molecule has 1 aromatic carbocycles. The number of hydrogen-bond acceptors (Lipinski definition) is 8. The zero-order valence-electron chi connectivity index (χ0n) is 24.3. The van der Waals surface area contributed by atoms with E-state index in [1.807, 2.05) is 57.2 Å². The first-order valence-electron chi connectivity index (χ1n) is 14.1. The van der Waals surface area contributed by atoms with Crippen molar-refractivity contribution in [1.29, 1.82) is 0 Å². The molecule has 0 aliphatic carbocycles. The van der Waals surface area contributed by atoms with Crippen molar-refractivity contribution in [3.05, 3.63) is 64.7 Å². The number of likely N-dealkylation sites (tertiary alicyclic amines) is 1. The van der Waals surface area contributed by atoms with Crippen LogP contribution in [-0.4, -0.2) is 70.2 Å². The number of hydrogen-bond donors (Lipinski definition) is 1. The number of pyridine rings is 1. The van der Waals surface area contributed by atoms with Crippen LogP contribution < -0.4 is 10.9 Å². The lowest BCUT2D eigenvalue weighted by molar-refractivity contribution is 0.0251. The van der Waals surface area contributed by atoms with E-state index in [1.54, 1.807) is 29.0 Å². The molecule has 1 N–H and O–H groups in total. The number of carbonyl (C=O) groups is 1. The molecule has 0 saturated carbocycles. The summed E-state index contributed by atoms with van der Waals surface area (Å²) in [5, 5.41) is 4.01. The van der Waals surface area contributed by atoms with Gasteiger partial charge < -0.3 is 19.7 Å². The third-order valence-electron chi connectivity index (χ3n) is 7.33. The molecular weight excluding hydrogens is 520 g/mol. The fourth-order valence-electron chi connectivity index (χ4n) is 5.28. The molecule has 0 bridgehead atoms. The van der Waals surface area contributed by atoms with Gasteiger partial charge in [-0.3, -0.25) is 14.4 Å². The van der Waals surface area contributed by atoms with Crippen LogP contribution in [0.1, 0.15) is 34.1 Å². The zero-order valence-corrected chi connectivity index (χ0v) is 24.3. The van der Waals surface area contributed by atoms with Gasteiger partial charge in [-0.05, 0) is 44.7 Å². The predicted octanol–water partition coefficient (Wildman–Crippen LogP) is 4.75. The molecule has 2 aromatic heterocycles. The van der Waals surface area contributed by atoms with Gasteiger partial charge in [-0.2, -0.15) is 4.98 Å². The number of methoxy groups -OCH3 is 1. The zero-order chi connectivity index (χ0) is 29.1. The maximum absolute atomic E-state index is 14.1. The average molecular weight is 559 g/mol. The Morgan fingerprint density at radius 2 is 1.95 bits per heavy atom. The summed E-state index contributed by atoms with van der Waals surface area (Å²) in [6.07, 6.45) is 5.97. The topological polar surface area (TPSA) is 111 Å². The van der Waals surface area contributed by atoms with Gasteiger partial charge >= 0.3 is 6.09 Å². The minimum atomic E-state index is -0.607. The molecule has 0 spiro atoms. The standard InChI is InChI=1S/C31H38N6O4/c1-20-11-12-32-16-24(13-20)34-29-33-15-22-14-25(21-9-7-6-8-10-21)28(38)37(27(22)35-29)18-23-17-36(19-26(23)40-5)30(39)41-31(2,3)4/h6-10,13-16,20,23,26H,11-12,17-19H2,1-5H3,(H,33,34,35)/t20?,23-,26+/m1/s1. The summed E-state index contributed by atoms with van der Waals surface area (Å²) in [5.41, 5.74) is 1.94. The number of nitrogens with zero attached hydrogens (tertiary/aromatic N) is 5. The van der Waals surface area contributed by atoms with E-state index in [-0.39, 0.29) is 17.6 Å². The molecule has 1 fully saturated rings. The smallest absolute Gasteiger partial charge is 0.410 e. The summed E-state index contributed by atoms with van der Waals surface area (Å²) < 4.78 is 13.1. The van der Waals surface area contributed by atoms with E-state index in [1.165, 1.54) is 0 Å². The van der Waals surface area contributed by atoms with Gasteiger partial charge in [0.05, 0.1) is 18.3 Å². The number of rotatable bonds is 6. The Labute approximate surface area is 240 Å². The fraction of sp³-hybridized carbons (Fsp3) is 0.452. The number of nitrogens with one attached hydrogen (secondary N) is 1. The van der Waals surface area contributed by atoms with Gasteiger partial charge in [-0.1, -0.05) is 43.3 Å². The first-order chi connectivity index (χ1) is 19.6. The largest absolute Gasteiger partial charge is 0.444 e. The van der Waals surface area contributed by atoms with Crippen LogP contribution in [0.25, 0.3) is 22.2 Å². The van der Waals surface area contributed by atoms with Gasteiger partial charge in [0.2, 0.25) is 5.95 Å². The summed E-state index contributed by atoms with van der Waals surface area (Å²) in [7, 11) is 1.63. The third kappa shape index (κ3) is 6.65. The number of allylic oxidation sites excluding steroid dienone is 2. The Bertz CT molecular complexity index is 1530. The number of fused-ring (bicyclic) bond motifs is 1. The van der Waals surface area contributed by atoms with E-state index in [4.69, 9.17) is 14.5 Å². The first-order valence-corrected chi connectivity index (χ1v) is 14.1. The molecule has 2 aliphatic heterocycles. The van der Waals surface area contributed by atoms with Gasteiger partial charge in [0, 0.05) is 56.0 Å². The normalized spacial score (nSPS) is 21.0. The Morgan fingerprint density at radius 3 is 2.68 bits per heavy atom. The van der Waals surface area contributed by atoms with Crippen molar-refractivity contribution < 1.29 is 14.3 Å². The van der Waals surface area contributed by atoms with Crippen molar-refractivity contribution in [2.45, 2.75) is 52.4 Å². The summed E-state index contributed by atoms with van der Waals surface area (Å²) in [4.78, 5) is 42.4. The van der Waals surface area contributed by atoms with Gasteiger partial charge in [0.25, 0.3) is 5.56 Å². The Kier molecular flexibility index (Phi) is 8.21. The van der Waals surface area contributed by atoms with Crippen molar-refractivity contribution in [3.8, 4) is 11.1 Å². The minimum Gasteiger partial charge on any atom is -0.444 e. The lowest BCUT2D eigenvalue weighted by atomic mass is 10.0. The molecule has 1 unspecified atom stereocenters. The average Bonchev–Trinajstić information content (AvgIpc) is 3.24. The van der Waals surface area contributed by atoms with Crippen molar-refractivity contribution in [1.82, 2.24) is 19.4 Å². The number of anilines is 1. The molecule has 1 saturated heterocycles. The van der Waals surface area contributed by atoms with E-state index in [9.17, 15) is 9.59 Å². The van der Waals surface area contributed by atoms with Crippen LogP contribution in [0.2, 0.25) is 0 Å². The Hall–Kier alpha value is -4.05. The quantitative estimate of drug-likeness (QED) is 0.465. The van der Waals surface area contributed by atoms with E-state index < -0.39 is 11.7 Å². The third-order valence-corrected chi connectivity index (χ3v) is 7.33. The second kappa shape index (κ2) is 11.8. The van der Waals surface area contributed by atoms with Crippen LogP contribution in [0.15, 0.2) is 64.2 Å². The molecule has 10 heteroatoms. The molecule has 3 atom stereocenters. The lowest BCUT2D eigenvalue weighted by Crippen LogP contribution is -2.36. The maximum Gasteiger partial charge on any atom is 0.410 e. The highest BCUT2D eigenvalue weighted by atomic mass is 16.6. The van der Waals surface area contributed by atoms with Crippen molar-refractivity contribution >= 4 is 29.3 Å². The molecule has 0 radical (unpaired) electrons. The van der Waals surface area contributed by atoms with Crippen molar-refractivity contribution in [2.24, 2.45) is 16.8 Å². The Balaban J connectivity index is 1.54. The van der Waals surface area contributed by atoms with Gasteiger partial charge in [-0.15, -0.1) is 0 Å². The molecule has 4 heterocycles.